The number of benzene rings is 2. The summed E-state index contributed by atoms with van der Waals surface area (Å²) in [7, 11) is 0. The second kappa shape index (κ2) is 8.74. The number of hydrogen-bond acceptors (Lipinski definition) is 6. The maximum Gasteiger partial charge on any atom is 0.250 e. The molecule has 3 heterocycles. The van der Waals surface area contributed by atoms with E-state index in [1.165, 1.54) is 16.7 Å². The van der Waals surface area contributed by atoms with Crippen LogP contribution in [0.3, 0.4) is 0 Å². The second-order valence-electron chi connectivity index (χ2n) is 7.89. The van der Waals surface area contributed by atoms with E-state index >= 15 is 0 Å². The van der Waals surface area contributed by atoms with Crippen LogP contribution < -0.4 is 19.7 Å². The average Bonchev–Trinajstić information content (AvgIpc) is 3.29. The molecule has 166 valence electrons. The van der Waals surface area contributed by atoms with Crippen molar-refractivity contribution in [2.45, 2.75) is 29.4 Å². The van der Waals surface area contributed by atoms with Crippen molar-refractivity contribution in [2.24, 2.45) is 0 Å². The molecule has 2 aromatic rings. The minimum absolute atomic E-state index is 0.149. The number of rotatable bonds is 4. The number of hydrogen-bond donors (Lipinski definition) is 1. The number of para-hydroxylation sites is 1. The van der Waals surface area contributed by atoms with Crippen molar-refractivity contribution in [2.75, 3.05) is 36.6 Å². The van der Waals surface area contributed by atoms with Gasteiger partial charge in [-0.15, -0.1) is 11.8 Å². The van der Waals surface area contributed by atoms with Crippen LogP contribution in [0.15, 0.2) is 47.4 Å². The van der Waals surface area contributed by atoms with Crippen molar-refractivity contribution < 1.29 is 23.9 Å². The second-order valence-corrected chi connectivity index (χ2v) is 9.04. The first-order valence-corrected chi connectivity index (χ1v) is 11.5. The summed E-state index contributed by atoms with van der Waals surface area (Å²) in [6.45, 7) is 1.31. The Morgan fingerprint density at radius 1 is 1.03 bits per heavy atom. The summed E-state index contributed by atoms with van der Waals surface area (Å²) in [5.41, 5.74) is 1.19. The molecule has 0 radical (unpaired) electrons. The molecule has 3 aliphatic heterocycles. The van der Waals surface area contributed by atoms with Crippen LogP contribution in [0.5, 0.6) is 11.5 Å². The first-order valence-electron chi connectivity index (χ1n) is 10.7. The topological polar surface area (TPSA) is 88.2 Å². The molecule has 1 saturated heterocycles. The van der Waals surface area contributed by atoms with E-state index in [1.807, 2.05) is 18.2 Å². The number of thioether (sulfide) groups is 1. The fourth-order valence-electron chi connectivity index (χ4n) is 4.14. The van der Waals surface area contributed by atoms with Gasteiger partial charge >= 0.3 is 0 Å². The molecule has 0 saturated carbocycles. The molecule has 32 heavy (non-hydrogen) atoms. The standard InChI is InChI=1S/C23H23N3O5S/c27-20(24-15-8-9-17-18(12-15)31-14-30-17)13-26-16-6-2-3-7-19(16)32-21(23(26)29)22(28)25-10-4-1-5-11-25/h2-3,6-9,12,21H,1,4-5,10-11,13-14H2,(H,24,27)/t21-/m0/s1. The van der Waals surface area contributed by atoms with E-state index in [0.29, 0.717) is 36.0 Å². The molecule has 3 aliphatic rings. The lowest BCUT2D eigenvalue weighted by molar-refractivity contribution is -0.135. The molecule has 1 N–H and O–H groups in total. The highest BCUT2D eigenvalue weighted by Crippen LogP contribution is 2.40. The van der Waals surface area contributed by atoms with Crippen LogP contribution in [0.25, 0.3) is 0 Å². The van der Waals surface area contributed by atoms with Crippen molar-refractivity contribution in [1.82, 2.24) is 4.90 Å². The molecule has 9 heteroatoms. The third-order valence-electron chi connectivity index (χ3n) is 5.74. The summed E-state index contributed by atoms with van der Waals surface area (Å²) in [5.74, 6) is 0.300. The number of likely N-dealkylation sites (tertiary alicyclic amines) is 1. The number of piperidine rings is 1. The van der Waals surface area contributed by atoms with Gasteiger partial charge in [-0.3, -0.25) is 14.4 Å². The SMILES string of the molecule is O=C(CN1C(=O)[C@H](C(=O)N2CCCCC2)Sc2ccccc21)Nc1ccc2c(c1)OCO2. The van der Waals surface area contributed by atoms with E-state index in [2.05, 4.69) is 5.32 Å². The minimum Gasteiger partial charge on any atom is -0.454 e. The molecular weight excluding hydrogens is 430 g/mol. The summed E-state index contributed by atoms with van der Waals surface area (Å²) in [4.78, 5) is 43.3. The van der Waals surface area contributed by atoms with Gasteiger partial charge in [0.05, 0.1) is 5.69 Å². The van der Waals surface area contributed by atoms with Crippen molar-refractivity contribution >= 4 is 40.9 Å². The zero-order valence-electron chi connectivity index (χ0n) is 17.4. The predicted octanol–water partition coefficient (Wildman–Crippen LogP) is 2.87. The van der Waals surface area contributed by atoms with Crippen LogP contribution >= 0.6 is 11.8 Å². The molecule has 0 aromatic heterocycles. The third-order valence-corrected chi connectivity index (χ3v) is 6.98. The van der Waals surface area contributed by atoms with Gasteiger partial charge in [0.25, 0.3) is 5.91 Å². The quantitative estimate of drug-likeness (QED) is 0.717. The summed E-state index contributed by atoms with van der Waals surface area (Å²) in [6, 6.07) is 12.5. The lowest BCUT2D eigenvalue weighted by Gasteiger charge is -2.36. The highest BCUT2D eigenvalue weighted by molar-refractivity contribution is 8.01. The molecule has 8 nitrogen and oxygen atoms in total. The lowest BCUT2D eigenvalue weighted by atomic mass is 10.1. The molecule has 0 spiro atoms. The van der Waals surface area contributed by atoms with Crippen molar-refractivity contribution in [3.8, 4) is 11.5 Å². The monoisotopic (exact) mass is 453 g/mol. The Bertz CT molecular complexity index is 1070. The van der Waals surface area contributed by atoms with Gasteiger partial charge in [-0.25, -0.2) is 0 Å². The lowest BCUT2D eigenvalue weighted by Crippen LogP contribution is -2.52. The van der Waals surface area contributed by atoms with Gasteiger partial charge in [-0.2, -0.15) is 0 Å². The van der Waals surface area contributed by atoms with E-state index in [1.54, 1.807) is 29.2 Å². The van der Waals surface area contributed by atoms with Crippen molar-refractivity contribution in [3.63, 3.8) is 0 Å². The van der Waals surface area contributed by atoms with Crippen molar-refractivity contribution in [3.05, 3.63) is 42.5 Å². The summed E-state index contributed by atoms with van der Waals surface area (Å²) in [6.07, 6.45) is 3.01. The predicted molar refractivity (Wildman–Crippen MR) is 120 cm³/mol. The highest BCUT2D eigenvalue weighted by Gasteiger charge is 2.41. The van der Waals surface area contributed by atoms with E-state index in [-0.39, 0.29) is 31.1 Å². The summed E-state index contributed by atoms with van der Waals surface area (Å²) >= 11 is 1.27. The van der Waals surface area contributed by atoms with Gasteiger partial charge in [-0.05, 0) is 43.5 Å². The maximum absolute atomic E-state index is 13.4. The fourth-order valence-corrected chi connectivity index (χ4v) is 5.32. The number of nitrogens with one attached hydrogen (secondary N) is 1. The van der Waals surface area contributed by atoms with Crippen LogP contribution in [0.4, 0.5) is 11.4 Å². The van der Waals surface area contributed by atoms with E-state index in [4.69, 9.17) is 9.47 Å². The largest absolute Gasteiger partial charge is 0.454 e. The third kappa shape index (κ3) is 4.00. The number of carbonyl (C=O) groups is 3. The number of ether oxygens (including phenoxy) is 2. The first-order chi connectivity index (χ1) is 15.6. The molecular formula is C23H23N3O5S. The Morgan fingerprint density at radius 3 is 2.66 bits per heavy atom. The molecule has 0 bridgehead atoms. The summed E-state index contributed by atoms with van der Waals surface area (Å²) < 4.78 is 10.6. The molecule has 3 amide bonds. The molecule has 2 aromatic carbocycles. The van der Waals surface area contributed by atoms with Gasteiger partial charge in [-0.1, -0.05) is 12.1 Å². The van der Waals surface area contributed by atoms with Crippen LogP contribution in [0, 0.1) is 0 Å². The number of anilines is 2. The van der Waals surface area contributed by atoms with Crippen LogP contribution in [-0.4, -0.2) is 54.3 Å². The fraction of sp³-hybridized carbons (Fsp3) is 0.348. The van der Waals surface area contributed by atoms with E-state index < -0.39 is 5.25 Å². The van der Waals surface area contributed by atoms with Crippen LogP contribution in [-0.2, 0) is 14.4 Å². The Hall–Kier alpha value is -3.20. The number of fused-ring (bicyclic) bond motifs is 2. The van der Waals surface area contributed by atoms with E-state index in [0.717, 1.165) is 24.2 Å². The van der Waals surface area contributed by atoms with Gasteiger partial charge in [0, 0.05) is 29.7 Å². The molecule has 1 fully saturated rings. The van der Waals surface area contributed by atoms with Gasteiger partial charge in [0.1, 0.15) is 6.54 Å². The van der Waals surface area contributed by atoms with Gasteiger partial charge in [0.2, 0.25) is 18.6 Å². The maximum atomic E-state index is 13.4. The van der Waals surface area contributed by atoms with Gasteiger partial charge < -0.3 is 24.6 Å². The molecule has 1 atom stereocenters. The summed E-state index contributed by atoms with van der Waals surface area (Å²) in [5, 5.41) is 1.93. The smallest absolute Gasteiger partial charge is 0.250 e. The molecule has 0 unspecified atom stereocenters. The highest BCUT2D eigenvalue weighted by atomic mass is 32.2. The van der Waals surface area contributed by atoms with Crippen molar-refractivity contribution in [1.29, 1.82) is 0 Å². The molecule has 0 aliphatic carbocycles. The number of nitrogens with zero attached hydrogens (tertiary/aromatic N) is 2. The Labute approximate surface area is 189 Å². The normalized spacial score (nSPS) is 19.5. The Balaban J connectivity index is 1.34. The zero-order chi connectivity index (χ0) is 22.1. The number of carbonyl (C=O) groups excluding carboxylic acids is 3. The number of amides is 3. The van der Waals surface area contributed by atoms with E-state index in [9.17, 15) is 14.4 Å². The zero-order valence-corrected chi connectivity index (χ0v) is 18.2. The van der Waals surface area contributed by atoms with Crippen LogP contribution in [0.2, 0.25) is 0 Å². The van der Waals surface area contributed by atoms with Crippen LogP contribution in [0.1, 0.15) is 19.3 Å². The average molecular weight is 454 g/mol. The Morgan fingerprint density at radius 2 is 1.81 bits per heavy atom. The Kier molecular flexibility index (Phi) is 5.65. The van der Waals surface area contributed by atoms with Gasteiger partial charge in [0.15, 0.2) is 16.7 Å². The molecule has 5 rings (SSSR count). The first kappa shape index (κ1) is 20.7. The minimum atomic E-state index is -0.874.